The summed E-state index contributed by atoms with van der Waals surface area (Å²) in [5.41, 5.74) is 3.24. The fourth-order valence-electron chi connectivity index (χ4n) is 7.98. The van der Waals surface area contributed by atoms with Crippen LogP contribution in [0.25, 0.3) is 22.3 Å². The minimum atomic E-state index is -0.954. The molecular weight excluding hydrogens is 577 g/mol. The van der Waals surface area contributed by atoms with Crippen LogP contribution in [0.5, 0.6) is 5.75 Å². The Labute approximate surface area is 275 Å². The monoisotopic (exact) mass is 630 g/mol. The quantitative estimate of drug-likeness (QED) is 0.127. The van der Waals surface area contributed by atoms with E-state index in [1.54, 1.807) is 24.3 Å². The standard InChI is InChI=1S/C42H53F3O/c1-3-5-7-8-10-28-46-40-27-26-38(41(44)42(40)45)35-22-18-33(19-23-35)36-24-25-37(39(43)29-36)34-20-16-32(17-21-34)31-14-12-30(13-15-31)11-9-6-4-2/h4,6,18-19,22-27,29-32,34H,3,5,7-17,20-21,28H2,1-2H3/b6-4+. The van der Waals surface area contributed by atoms with Gasteiger partial charge in [0.15, 0.2) is 11.6 Å². The van der Waals surface area contributed by atoms with Crippen LogP contribution in [0.3, 0.4) is 0 Å². The Morgan fingerprint density at radius 3 is 2.02 bits per heavy atom. The van der Waals surface area contributed by atoms with E-state index in [9.17, 15) is 4.39 Å². The Balaban J connectivity index is 1.14. The van der Waals surface area contributed by atoms with Crippen LogP contribution in [0.15, 0.2) is 66.7 Å². The summed E-state index contributed by atoms with van der Waals surface area (Å²) >= 11 is 0. The number of hydrogen-bond donors (Lipinski definition) is 0. The van der Waals surface area contributed by atoms with Crippen LogP contribution >= 0.6 is 0 Å². The second-order valence-corrected chi connectivity index (χ2v) is 13.9. The highest BCUT2D eigenvalue weighted by molar-refractivity contribution is 5.71. The molecule has 0 atom stereocenters. The van der Waals surface area contributed by atoms with Crippen molar-refractivity contribution in [3.63, 3.8) is 0 Å². The molecule has 0 saturated heterocycles. The molecule has 2 aliphatic rings. The number of allylic oxidation sites excluding steroid dienone is 2. The third kappa shape index (κ3) is 8.87. The van der Waals surface area contributed by atoms with Crippen molar-refractivity contribution >= 4 is 0 Å². The fraction of sp³-hybridized carbons (Fsp3) is 0.524. The van der Waals surface area contributed by atoms with Gasteiger partial charge in [-0.2, -0.15) is 4.39 Å². The molecule has 2 saturated carbocycles. The maximum absolute atomic E-state index is 15.5. The maximum atomic E-state index is 15.5. The minimum Gasteiger partial charge on any atom is -0.490 e. The van der Waals surface area contributed by atoms with Gasteiger partial charge in [-0.15, -0.1) is 0 Å². The zero-order chi connectivity index (χ0) is 32.3. The Hall–Kier alpha value is -3.01. The van der Waals surface area contributed by atoms with E-state index >= 15 is 8.78 Å². The van der Waals surface area contributed by atoms with Crippen molar-refractivity contribution in [2.45, 2.75) is 116 Å². The van der Waals surface area contributed by atoms with E-state index in [0.29, 0.717) is 12.2 Å². The van der Waals surface area contributed by atoms with E-state index in [1.165, 1.54) is 63.9 Å². The molecule has 3 aromatic rings. The van der Waals surface area contributed by atoms with Crippen molar-refractivity contribution in [3.8, 4) is 28.0 Å². The van der Waals surface area contributed by atoms with Gasteiger partial charge in [0, 0.05) is 5.56 Å². The molecule has 0 spiro atoms. The van der Waals surface area contributed by atoms with E-state index in [0.717, 1.165) is 73.0 Å². The van der Waals surface area contributed by atoms with Crippen molar-refractivity contribution in [1.29, 1.82) is 0 Å². The first-order chi connectivity index (χ1) is 22.5. The van der Waals surface area contributed by atoms with Crippen LogP contribution in [0.4, 0.5) is 13.2 Å². The van der Waals surface area contributed by atoms with Crippen molar-refractivity contribution in [1.82, 2.24) is 0 Å². The molecule has 2 fully saturated rings. The predicted octanol–water partition coefficient (Wildman–Crippen LogP) is 13.2. The van der Waals surface area contributed by atoms with Crippen LogP contribution in [0, 0.1) is 35.2 Å². The zero-order valence-corrected chi connectivity index (χ0v) is 28.0. The lowest BCUT2D eigenvalue weighted by molar-refractivity contribution is 0.156. The number of halogens is 3. The number of ether oxygens (including phenoxy) is 1. The van der Waals surface area contributed by atoms with Crippen LogP contribution in [-0.4, -0.2) is 6.61 Å². The number of rotatable bonds is 14. The SMILES string of the molecule is C/C=C/CCC1CCC(C2CCC(c3ccc(-c4ccc(-c5ccc(OCCCCCCC)c(F)c5F)cc4)cc3F)CC2)CC1. The summed E-state index contributed by atoms with van der Waals surface area (Å²) in [6.45, 7) is 4.64. The third-order valence-electron chi connectivity index (χ3n) is 10.8. The second-order valence-electron chi connectivity index (χ2n) is 13.9. The Morgan fingerprint density at radius 1 is 0.696 bits per heavy atom. The fourth-order valence-corrected chi connectivity index (χ4v) is 7.98. The predicted molar refractivity (Wildman–Crippen MR) is 186 cm³/mol. The average Bonchev–Trinajstić information content (AvgIpc) is 3.09. The van der Waals surface area contributed by atoms with Crippen LogP contribution in [-0.2, 0) is 0 Å². The molecule has 2 aliphatic carbocycles. The van der Waals surface area contributed by atoms with Gasteiger partial charge in [0.2, 0.25) is 5.82 Å². The van der Waals surface area contributed by atoms with Crippen molar-refractivity contribution < 1.29 is 17.9 Å². The molecule has 0 bridgehead atoms. The summed E-state index contributed by atoms with van der Waals surface area (Å²) < 4.78 is 50.8. The molecule has 0 heterocycles. The minimum absolute atomic E-state index is 0.0456. The van der Waals surface area contributed by atoms with Gasteiger partial charge in [0.25, 0.3) is 0 Å². The van der Waals surface area contributed by atoms with Gasteiger partial charge in [0.05, 0.1) is 6.61 Å². The van der Waals surface area contributed by atoms with Gasteiger partial charge in [-0.3, -0.25) is 0 Å². The smallest absolute Gasteiger partial charge is 0.201 e. The van der Waals surface area contributed by atoms with Crippen molar-refractivity contribution in [2.75, 3.05) is 6.61 Å². The first-order valence-electron chi connectivity index (χ1n) is 18.1. The van der Waals surface area contributed by atoms with E-state index in [2.05, 4.69) is 26.0 Å². The number of unbranched alkanes of at least 4 members (excludes halogenated alkanes) is 4. The highest BCUT2D eigenvalue weighted by atomic mass is 19.2. The highest BCUT2D eigenvalue weighted by Crippen LogP contribution is 2.45. The van der Waals surface area contributed by atoms with E-state index in [1.807, 2.05) is 24.3 Å². The molecule has 0 aliphatic heterocycles. The molecule has 4 heteroatoms. The van der Waals surface area contributed by atoms with Gasteiger partial charge in [-0.05, 0) is 129 Å². The molecule has 0 N–H and O–H groups in total. The summed E-state index contributed by atoms with van der Waals surface area (Å²) in [6.07, 6.45) is 22.4. The van der Waals surface area contributed by atoms with Crippen LogP contribution in [0.1, 0.15) is 122 Å². The molecule has 0 amide bonds. The lowest BCUT2D eigenvalue weighted by Crippen LogP contribution is -2.25. The second kappa shape index (κ2) is 17.2. The number of benzene rings is 3. The molecule has 0 radical (unpaired) electrons. The Morgan fingerprint density at radius 2 is 1.35 bits per heavy atom. The first-order valence-corrected chi connectivity index (χ1v) is 18.1. The van der Waals surface area contributed by atoms with E-state index in [4.69, 9.17) is 4.74 Å². The largest absolute Gasteiger partial charge is 0.490 e. The lowest BCUT2D eigenvalue weighted by Gasteiger charge is -2.38. The van der Waals surface area contributed by atoms with Gasteiger partial charge in [-0.1, -0.05) is 94.0 Å². The summed E-state index contributed by atoms with van der Waals surface area (Å²) in [5, 5.41) is 0. The zero-order valence-electron chi connectivity index (χ0n) is 28.0. The Kier molecular flexibility index (Phi) is 12.9. The van der Waals surface area contributed by atoms with Crippen molar-refractivity contribution in [3.05, 3.63) is 89.8 Å². The van der Waals surface area contributed by atoms with Gasteiger partial charge in [-0.25, -0.2) is 8.78 Å². The molecule has 0 aromatic heterocycles. The van der Waals surface area contributed by atoms with Crippen LogP contribution < -0.4 is 4.74 Å². The van der Waals surface area contributed by atoms with Gasteiger partial charge < -0.3 is 4.74 Å². The molecule has 3 aromatic carbocycles. The lowest BCUT2D eigenvalue weighted by atomic mass is 9.68. The summed E-state index contributed by atoms with van der Waals surface area (Å²) in [7, 11) is 0. The molecular formula is C42H53F3O. The topological polar surface area (TPSA) is 9.23 Å². The molecule has 46 heavy (non-hydrogen) atoms. The summed E-state index contributed by atoms with van der Waals surface area (Å²) in [5.74, 6) is 0.801. The molecule has 5 rings (SSSR count). The van der Waals surface area contributed by atoms with E-state index < -0.39 is 11.6 Å². The molecule has 0 unspecified atom stereocenters. The first kappa shape index (κ1) is 34.3. The maximum Gasteiger partial charge on any atom is 0.201 e. The molecule has 248 valence electrons. The average molecular weight is 631 g/mol. The number of hydrogen-bond acceptors (Lipinski definition) is 1. The van der Waals surface area contributed by atoms with Crippen molar-refractivity contribution in [2.24, 2.45) is 17.8 Å². The molecule has 1 nitrogen and oxygen atoms in total. The Bertz CT molecular complexity index is 1400. The normalized spacial score (nSPS) is 21.9. The van der Waals surface area contributed by atoms with E-state index in [-0.39, 0.29) is 23.0 Å². The highest BCUT2D eigenvalue weighted by Gasteiger charge is 2.32. The van der Waals surface area contributed by atoms with Crippen LogP contribution in [0.2, 0.25) is 0 Å². The third-order valence-corrected chi connectivity index (χ3v) is 10.8. The summed E-state index contributed by atoms with van der Waals surface area (Å²) in [4.78, 5) is 0. The van der Waals surface area contributed by atoms with Gasteiger partial charge >= 0.3 is 0 Å². The summed E-state index contributed by atoms with van der Waals surface area (Å²) in [6, 6.07) is 15.9. The van der Waals surface area contributed by atoms with Gasteiger partial charge in [0.1, 0.15) is 5.82 Å².